The molecule has 0 aliphatic carbocycles. The van der Waals surface area contributed by atoms with Crippen LogP contribution in [0, 0.1) is 17.2 Å². The van der Waals surface area contributed by atoms with Crippen molar-refractivity contribution in [3.63, 3.8) is 0 Å². The van der Waals surface area contributed by atoms with Gasteiger partial charge >= 0.3 is 0 Å². The summed E-state index contributed by atoms with van der Waals surface area (Å²) in [5.74, 6) is 2.56. The molecule has 4 heteroatoms. The molecule has 1 saturated heterocycles. The van der Waals surface area contributed by atoms with E-state index in [0.29, 0.717) is 23.7 Å². The largest absolute Gasteiger partial charge is 0.451 e. The van der Waals surface area contributed by atoms with Crippen molar-refractivity contribution < 1.29 is 14.2 Å². The molecule has 3 atom stereocenters. The fraction of sp³-hybridized carbons (Fsp3) is 0.400. The summed E-state index contributed by atoms with van der Waals surface area (Å²) >= 11 is 0. The monoisotopic (exact) mass is 255 g/mol. The zero-order chi connectivity index (χ0) is 13.3. The average molecular weight is 255 g/mol. The first-order valence-electron chi connectivity index (χ1n) is 6.36. The first-order chi connectivity index (χ1) is 9.07. The fourth-order valence-corrected chi connectivity index (χ4v) is 3.28. The van der Waals surface area contributed by atoms with Crippen molar-refractivity contribution in [3.8, 4) is 17.6 Å². The smallest absolute Gasteiger partial charge is 0.178 e. The fourth-order valence-electron chi connectivity index (χ4n) is 3.28. The highest BCUT2D eigenvalue weighted by Gasteiger charge is 2.66. The summed E-state index contributed by atoms with van der Waals surface area (Å²) in [6.07, 6.45) is 0.643. The molecule has 4 nitrogen and oxygen atoms in total. The van der Waals surface area contributed by atoms with Gasteiger partial charge in [-0.15, -0.1) is 0 Å². The lowest BCUT2D eigenvalue weighted by Gasteiger charge is -2.32. The molecule has 2 bridgehead atoms. The predicted molar refractivity (Wildman–Crippen MR) is 66.3 cm³/mol. The number of fused-ring (bicyclic) bond motifs is 5. The third-order valence-corrected chi connectivity index (χ3v) is 4.26. The number of para-hydroxylation sites is 2. The van der Waals surface area contributed by atoms with Crippen LogP contribution in [-0.2, 0) is 4.74 Å². The van der Waals surface area contributed by atoms with Crippen molar-refractivity contribution in [2.24, 2.45) is 5.92 Å². The van der Waals surface area contributed by atoms with Crippen molar-refractivity contribution in [2.45, 2.75) is 31.5 Å². The summed E-state index contributed by atoms with van der Waals surface area (Å²) in [5.41, 5.74) is -1.26. The van der Waals surface area contributed by atoms with E-state index in [1.165, 1.54) is 0 Å². The van der Waals surface area contributed by atoms with Crippen molar-refractivity contribution in [1.82, 2.24) is 0 Å². The first-order valence-corrected chi connectivity index (χ1v) is 6.36. The molecule has 0 spiro atoms. The second-order valence-corrected chi connectivity index (χ2v) is 5.63. The highest BCUT2D eigenvalue weighted by molar-refractivity contribution is 5.50. The molecule has 1 fully saturated rings. The summed E-state index contributed by atoms with van der Waals surface area (Å²) in [6, 6.07) is 9.86. The van der Waals surface area contributed by atoms with Crippen LogP contribution in [0.2, 0.25) is 0 Å². The van der Waals surface area contributed by atoms with E-state index in [2.05, 4.69) is 6.07 Å². The molecule has 4 rings (SSSR count). The normalized spacial score (nSPS) is 38.1. The zero-order valence-corrected chi connectivity index (χ0v) is 10.8. The maximum Gasteiger partial charge on any atom is 0.178 e. The molecule has 3 heterocycles. The van der Waals surface area contributed by atoms with Crippen LogP contribution < -0.4 is 9.47 Å². The number of nitrogens with zero attached hydrogens (tertiary/aromatic N) is 1. The molecule has 3 aliphatic heterocycles. The Hall–Kier alpha value is -1.99. The van der Waals surface area contributed by atoms with Gasteiger partial charge in [0, 0.05) is 6.42 Å². The Morgan fingerprint density at radius 1 is 1.16 bits per heavy atom. The van der Waals surface area contributed by atoms with E-state index < -0.39 is 11.2 Å². The van der Waals surface area contributed by atoms with Crippen LogP contribution in [-0.4, -0.2) is 11.2 Å². The number of hydrogen-bond acceptors (Lipinski definition) is 4. The number of benzene rings is 1. The first kappa shape index (κ1) is 10.9. The molecule has 19 heavy (non-hydrogen) atoms. The molecule has 1 aromatic carbocycles. The van der Waals surface area contributed by atoms with Crippen LogP contribution in [0.1, 0.15) is 20.3 Å². The molecule has 96 valence electrons. The minimum absolute atomic E-state index is 0.204. The predicted octanol–water partition coefficient (Wildman–Crippen LogP) is 2.76. The van der Waals surface area contributed by atoms with Gasteiger partial charge in [-0.3, -0.25) is 0 Å². The van der Waals surface area contributed by atoms with Gasteiger partial charge in [0.1, 0.15) is 11.2 Å². The van der Waals surface area contributed by atoms with Crippen LogP contribution in [0.3, 0.4) is 0 Å². The van der Waals surface area contributed by atoms with E-state index in [-0.39, 0.29) is 5.92 Å². The van der Waals surface area contributed by atoms with Crippen LogP contribution in [0.25, 0.3) is 0 Å². The zero-order valence-electron chi connectivity index (χ0n) is 10.8. The molecule has 0 saturated carbocycles. The molecule has 0 radical (unpaired) electrons. The highest BCUT2D eigenvalue weighted by atomic mass is 16.6. The van der Waals surface area contributed by atoms with Gasteiger partial charge in [-0.1, -0.05) is 12.1 Å². The van der Waals surface area contributed by atoms with E-state index in [4.69, 9.17) is 14.2 Å². The number of nitriles is 1. The summed E-state index contributed by atoms with van der Waals surface area (Å²) in [5, 5.41) is 9.30. The van der Waals surface area contributed by atoms with Crippen LogP contribution in [0.15, 0.2) is 35.8 Å². The van der Waals surface area contributed by atoms with E-state index in [9.17, 15) is 5.26 Å². The van der Waals surface area contributed by atoms with Crippen molar-refractivity contribution >= 4 is 0 Å². The summed E-state index contributed by atoms with van der Waals surface area (Å²) < 4.78 is 18.0. The molecule has 1 aromatic rings. The lowest BCUT2D eigenvalue weighted by Crippen LogP contribution is -2.37. The number of hydrogen-bond donors (Lipinski definition) is 0. The third kappa shape index (κ3) is 1.16. The average Bonchev–Trinajstić information content (AvgIpc) is 2.81. The van der Waals surface area contributed by atoms with Gasteiger partial charge < -0.3 is 14.2 Å². The number of rotatable bonds is 0. The van der Waals surface area contributed by atoms with Gasteiger partial charge in [0.2, 0.25) is 0 Å². The maximum absolute atomic E-state index is 9.30. The van der Waals surface area contributed by atoms with Gasteiger partial charge in [-0.25, -0.2) is 0 Å². The molecular weight excluding hydrogens is 242 g/mol. The standard InChI is InChI=1S/C15H13NO3/c1-14-7-9(8-16)15(2,19-14)13-12(14)17-10-5-3-4-6-11(10)18-13/h3-6,9H,7H2,1-2H3/t9-,14+,15-/m1/s1. The van der Waals surface area contributed by atoms with Gasteiger partial charge in [0.25, 0.3) is 0 Å². The Balaban J connectivity index is 1.87. The second kappa shape index (κ2) is 3.12. The Kier molecular flexibility index (Phi) is 1.79. The quantitative estimate of drug-likeness (QED) is 0.715. The minimum atomic E-state index is -0.702. The highest BCUT2D eigenvalue weighted by Crippen LogP contribution is 2.59. The Bertz CT molecular complexity index is 660. The van der Waals surface area contributed by atoms with Gasteiger partial charge in [0.05, 0.1) is 12.0 Å². The van der Waals surface area contributed by atoms with Crippen molar-refractivity contribution in [1.29, 1.82) is 5.26 Å². The van der Waals surface area contributed by atoms with Gasteiger partial charge in [-0.05, 0) is 26.0 Å². The van der Waals surface area contributed by atoms with Gasteiger partial charge in [-0.2, -0.15) is 5.26 Å². The lowest BCUT2D eigenvalue weighted by atomic mass is 9.78. The van der Waals surface area contributed by atoms with E-state index in [1.807, 2.05) is 38.1 Å². The molecule has 0 N–H and O–H groups in total. The Morgan fingerprint density at radius 3 is 2.42 bits per heavy atom. The molecule has 3 aliphatic rings. The topological polar surface area (TPSA) is 51.5 Å². The maximum atomic E-state index is 9.30. The number of ether oxygens (including phenoxy) is 3. The van der Waals surface area contributed by atoms with Crippen LogP contribution >= 0.6 is 0 Å². The second-order valence-electron chi connectivity index (χ2n) is 5.63. The Labute approximate surface area is 111 Å². The van der Waals surface area contributed by atoms with Crippen LogP contribution in [0.4, 0.5) is 0 Å². The summed E-state index contributed by atoms with van der Waals surface area (Å²) in [6.45, 7) is 3.87. The van der Waals surface area contributed by atoms with E-state index >= 15 is 0 Å². The Morgan fingerprint density at radius 2 is 1.79 bits per heavy atom. The van der Waals surface area contributed by atoms with Crippen LogP contribution in [0.5, 0.6) is 11.5 Å². The third-order valence-electron chi connectivity index (χ3n) is 4.26. The van der Waals surface area contributed by atoms with Gasteiger partial charge in [0.15, 0.2) is 23.0 Å². The molecular formula is C15H13NO3. The summed E-state index contributed by atoms with van der Waals surface area (Å²) in [7, 11) is 0. The van der Waals surface area contributed by atoms with Crippen molar-refractivity contribution in [3.05, 3.63) is 35.8 Å². The molecule has 0 aromatic heterocycles. The minimum Gasteiger partial charge on any atom is -0.451 e. The molecule has 0 amide bonds. The molecule has 0 unspecified atom stereocenters. The summed E-state index contributed by atoms with van der Waals surface area (Å²) in [4.78, 5) is 0. The van der Waals surface area contributed by atoms with E-state index in [0.717, 1.165) is 5.76 Å². The SMILES string of the molecule is C[C@@]12O[C@@](C)(C[C@@H]1C#N)C1=C2Oc2ccccc2O1. The van der Waals surface area contributed by atoms with E-state index in [1.54, 1.807) is 0 Å². The lowest BCUT2D eigenvalue weighted by molar-refractivity contribution is -0.0410. The van der Waals surface area contributed by atoms with Crippen molar-refractivity contribution in [2.75, 3.05) is 0 Å².